The lowest BCUT2D eigenvalue weighted by Crippen LogP contribution is -2.05. The average molecular weight is 707 g/mol. The molecule has 258 valence electrons. The fourth-order valence-electron chi connectivity index (χ4n) is 4.95. The van der Waals surface area contributed by atoms with E-state index in [9.17, 15) is 31.1 Å². The van der Waals surface area contributed by atoms with E-state index in [0.717, 1.165) is 24.3 Å². The van der Waals surface area contributed by atoms with Crippen LogP contribution in [0.25, 0.3) is 44.9 Å². The van der Waals surface area contributed by atoms with E-state index >= 15 is 0 Å². The molecule has 0 saturated heterocycles. The Balaban J connectivity index is 0.981. The van der Waals surface area contributed by atoms with Gasteiger partial charge in [0.05, 0.1) is 22.1 Å². The van der Waals surface area contributed by atoms with E-state index in [1.807, 2.05) is 0 Å². The Hall–Kier alpha value is -6.45. The molecule has 0 bridgehead atoms. The summed E-state index contributed by atoms with van der Waals surface area (Å²) >= 11 is 0. The minimum absolute atomic E-state index is 0.0173. The second kappa shape index (κ2) is 13.1. The first-order valence-corrected chi connectivity index (χ1v) is 14.8. The van der Waals surface area contributed by atoms with Gasteiger partial charge >= 0.3 is 12.4 Å². The Morgan fingerprint density at radius 2 is 1.14 bits per heavy atom. The predicted octanol–water partition coefficient (Wildman–Crippen LogP) is 8.76. The summed E-state index contributed by atoms with van der Waals surface area (Å²) in [6.07, 6.45) is -7.73. The van der Waals surface area contributed by atoms with Crippen molar-refractivity contribution in [1.29, 1.82) is 0 Å². The largest absolute Gasteiger partial charge is 0.484 e. The molecule has 0 aliphatic carbocycles. The summed E-state index contributed by atoms with van der Waals surface area (Å²) in [6, 6.07) is 20.2. The maximum Gasteiger partial charge on any atom is 0.416 e. The van der Waals surface area contributed by atoms with Gasteiger partial charge in [-0.05, 0) is 54.1 Å². The number of aromatic nitrogens is 4. The number of nitrogens with zero attached hydrogens (tertiary/aromatic N) is 4. The fourth-order valence-corrected chi connectivity index (χ4v) is 4.95. The molecule has 4 aromatic carbocycles. The van der Waals surface area contributed by atoms with Gasteiger partial charge in [-0.3, -0.25) is 4.79 Å². The highest BCUT2D eigenvalue weighted by atomic mass is 19.4. The molecule has 10 nitrogen and oxygen atoms in total. The Labute approximate surface area is 281 Å². The van der Waals surface area contributed by atoms with Crippen LogP contribution in [0.5, 0.6) is 11.5 Å². The Morgan fingerprint density at radius 3 is 1.69 bits per heavy atom. The molecule has 3 heterocycles. The minimum atomic E-state index is -4.52. The number of halogens is 6. The van der Waals surface area contributed by atoms with E-state index < -0.39 is 23.5 Å². The van der Waals surface area contributed by atoms with Crippen LogP contribution in [0.3, 0.4) is 0 Å². The zero-order valence-corrected chi connectivity index (χ0v) is 25.7. The Bertz CT molecular complexity index is 2400. The first-order chi connectivity index (χ1) is 24.4. The van der Waals surface area contributed by atoms with Crippen LogP contribution in [-0.4, -0.2) is 20.3 Å². The molecule has 7 rings (SSSR count). The SMILES string of the molecule is O=c1c(-c2ccc(OCc3nc(-c4cccc(C(F)(F)F)c4)no3)cc2)coc2cc(OCc3nc(-c4cccc(C(F)(F)F)c4)no3)ccc12. The van der Waals surface area contributed by atoms with Crippen LogP contribution in [0.1, 0.15) is 22.9 Å². The van der Waals surface area contributed by atoms with Crippen LogP contribution in [0.4, 0.5) is 26.3 Å². The van der Waals surface area contributed by atoms with Crippen molar-refractivity contribution in [3.8, 4) is 45.4 Å². The Morgan fingerprint density at radius 1 is 0.608 bits per heavy atom. The van der Waals surface area contributed by atoms with Gasteiger partial charge < -0.3 is 22.9 Å². The molecule has 0 saturated carbocycles. The molecule has 3 aromatic heterocycles. The smallest absolute Gasteiger partial charge is 0.416 e. The normalized spacial score (nSPS) is 12.0. The molecule has 0 unspecified atom stereocenters. The third-order valence-electron chi connectivity index (χ3n) is 7.47. The number of hydrogen-bond donors (Lipinski definition) is 0. The quantitative estimate of drug-likeness (QED) is 0.135. The van der Waals surface area contributed by atoms with Crippen molar-refractivity contribution in [2.45, 2.75) is 25.6 Å². The molecule has 51 heavy (non-hydrogen) atoms. The lowest BCUT2D eigenvalue weighted by atomic mass is 10.1. The van der Waals surface area contributed by atoms with Gasteiger partial charge in [-0.15, -0.1) is 0 Å². The summed E-state index contributed by atoms with van der Waals surface area (Å²) in [7, 11) is 0. The van der Waals surface area contributed by atoms with E-state index in [4.69, 9.17) is 22.9 Å². The maximum atomic E-state index is 13.3. The highest BCUT2D eigenvalue weighted by Crippen LogP contribution is 2.33. The molecule has 0 amide bonds. The van der Waals surface area contributed by atoms with E-state index in [0.29, 0.717) is 17.1 Å². The number of ether oxygens (including phenoxy) is 2. The summed E-state index contributed by atoms with van der Waals surface area (Å²) < 4.78 is 106. The summed E-state index contributed by atoms with van der Waals surface area (Å²) in [5.41, 5.74) is -0.676. The topological polar surface area (TPSA) is 127 Å². The van der Waals surface area contributed by atoms with Crippen molar-refractivity contribution in [2.24, 2.45) is 0 Å². The van der Waals surface area contributed by atoms with Crippen LogP contribution >= 0.6 is 0 Å². The molecule has 0 atom stereocenters. The zero-order chi connectivity index (χ0) is 35.8. The van der Waals surface area contributed by atoms with Crippen molar-refractivity contribution >= 4 is 11.0 Å². The number of alkyl halides is 6. The van der Waals surface area contributed by atoms with E-state index in [-0.39, 0.29) is 69.7 Å². The van der Waals surface area contributed by atoms with E-state index in [1.54, 1.807) is 30.3 Å². The van der Waals surface area contributed by atoms with Crippen LogP contribution in [-0.2, 0) is 25.6 Å². The first kappa shape index (κ1) is 33.1. The number of hydrogen-bond acceptors (Lipinski definition) is 10. The second-order valence-corrected chi connectivity index (χ2v) is 10.9. The number of benzene rings is 4. The highest BCUT2D eigenvalue weighted by Gasteiger charge is 2.31. The molecule has 0 spiro atoms. The number of rotatable bonds is 9. The standard InChI is InChI=1S/C35H20F6N4O6/c36-34(37,38)22-5-1-3-20(13-22)32-42-29(50-44-32)17-47-24-9-7-19(8-10-24)27-16-49-28-15-25(11-12-26(28)31(27)46)48-18-30-43-33(45-51-30)21-4-2-6-23(14-21)35(39,40)41/h1-16H,17-18H2. The van der Waals surface area contributed by atoms with Gasteiger partial charge in [0.1, 0.15) is 23.3 Å². The van der Waals surface area contributed by atoms with E-state index in [1.165, 1.54) is 42.7 Å². The molecule has 16 heteroatoms. The van der Waals surface area contributed by atoms with Crippen molar-refractivity contribution in [3.05, 3.63) is 130 Å². The molecule has 0 fully saturated rings. The van der Waals surface area contributed by atoms with Gasteiger partial charge in [-0.2, -0.15) is 36.3 Å². The fraction of sp³-hybridized carbons (Fsp3) is 0.114. The average Bonchev–Trinajstić information content (AvgIpc) is 3.80. The third-order valence-corrected chi connectivity index (χ3v) is 7.47. The van der Waals surface area contributed by atoms with Gasteiger partial charge in [-0.25, -0.2) is 0 Å². The third kappa shape index (κ3) is 7.29. The molecule has 0 N–H and O–H groups in total. The summed E-state index contributed by atoms with van der Waals surface area (Å²) in [4.78, 5) is 21.5. The summed E-state index contributed by atoms with van der Waals surface area (Å²) in [6.45, 7) is -0.352. The van der Waals surface area contributed by atoms with Gasteiger partial charge in [-0.1, -0.05) is 46.7 Å². The van der Waals surface area contributed by atoms with Crippen molar-refractivity contribution < 1.29 is 49.3 Å². The van der Waals surface area contributed by atoms with Gasteiger partial charge in [0.25, 0.3) is 11.8 Å². The first-order valence-electron chi connectivity index (χ1n) is 14.8. The predicted molar refractivity (Wildman–Crippen MR) is 166 cm³/mol. The van der Waals surface area contributed by atoms with Crippen molar-refractivity contribution in [3.63, 3.8) is 0 Å². The summed E-state index contributed by atoms with van der Waals surface area (Å²) in [5.74, 6) is 0.712. The maximum absolute atomic E-state index is 13.3. The molecular formula is C35H20F6N4O6. The van der Waals surface area contributed by atoms with Crippen LogP contribution < -0.4 is 14.9 Å². The van der Waals surface area contributed by atoms with E-state index in [2.05, 4.69) is 20.3 Å². The molecule has 0 aliphatic rings. The summed E-state index contributed by atoms with van der Waals surface area (Å²) in [5, 5.41) is 7.74. The monoisotopic (exact) mass is 706 g/mol. The lowest BCUT2D eigenvalue weighted by molar-refractivity contribution is -0.138. The van der Waals surface area contributed by atoms with Crippen molar-refractivity contribution in [1.82, 2.24) is 20.3 Å². The van der Waals surface area contributed by atoms with Crippen molar-refractivity contribution in [2.75, 3.05) is 0 Å². The van der Waals surface area contributed by atoms with Gasteiger partial charge in [0.15, 0.2) is 18.6 Å². The molecule has 0 aliphatic heterocycles. The molecule has 0 radical (unpaired) electrons. The lowest BCUT2D eigenvalue weighted by Gasteiger charge is -2.07. The van der Waals surface area contributed by atoms with Crippen LogP contribution in [0.2, 0.25) is 0 Å². The van der Waals surface area contributed by atoms with Gasteiger partial charge in [0.2, 0.25) is 11.6 Å². The molecular weight excluding hydrogens is 686 g/mol. The highest BCUT2D eigenvalue weighted by molar-refractivity contribution is 5.82. The number of fused-ring (bicyclic) bond motifs is 1. The molecule has 7 aromatic rings. The Kier molecular flexibility index (Phi) is 8.50. The zero-order valence-electron chi connectivity index (χ0n) is 25.7. The van der Waals surface area contributed by atoms with Crippen LogP contribution in [0.15, 0.2) is 116 Å². The van der Waals surface area contributed by atoms with Crippen LogP contribution in [0, 0.1) is 0 Å². The second-order valence-electron chi connectivity index (χ2n) is 10.9. The van der Waals surface area contributed by atoms with Gasteiger partial charge in [0, 0.05) is 17.2 Å². The minimum Gasteiger partial charge on any atom is -0.484 e.